The Morgan fingerprint density at radius 1 is 1.03 bits per heavy atom. The van der Waals surface area contributed by atoms with Gasteiger partial charge in [0, 0.05) is 21.5 Å². The molecule has 4 rings (SSSR count). The molecule has 0 aromatic heterocycles. The second-order valence-corrected chi connectivity index (χ2v) is 9.55. The molecule has 1 N–H and O–H groups in total. The number of halogens is 1. The molecule has 4 nitrogen and oxygen atoms in total. The zero-order valence-corrected chi connectivity index (χ0v) is 18.6. The van der Waals surface area contributed by atoms with Gasteiger partial charge in [0.1, 0.15) is 0 Å². The molecule has 158 valence electrons. The molecule has 2 aromatic rings. The fraction of sp³-hybridized carbons (Fsp3) is 0.417. The van der Waals surface area contributed by atoms with Gasteiger partial charge in [0.25, 0.3) is 5.91 Å². The van der Waals surface area contributed by atoms with E-state index in [1.54, 1.807) is 4.90 Å². The number of nitrogens with one attached hydrogen (secondary N) is 1. The predicted octanol–water partition coefficient (Wildman–Crippen LogP) is 5.82. The molecule has 1 heterocycles. The number of amides is 2. The Morgan fingerprint density at radius 3 is 2.47 bits per heavy atom. The van der Waals surface area contributed by atoms with Crippen LogP contribution in [0.4, 0.5) is 5.69 Å². The van der Waals surface area contributed by atoms with Gasteiger partial charge in [-0.05, 0) is 48.7 Å². The zero-order chi connectivity index (χ0) is 20.9. The minimum Gasteiger partial charge on any atom is -0.349 e. The summed E-state index contributed by atoms with van der Waals surface area (Å²) in [5.41, 5.74) is 2.44. The van der Waals surface area contributed by atoms with E-state index in [9.17, 15) is 9.59 Å². The van der Waals surface area contributed by atoms with Gasteiger partial charge < -0.3 is 10.2 Å². The lowest BCUT2D eigenvalue weighted by atomic mass is 9.96. The third-order valence-electron chi connectivity index (χ3n) is 5.86. The van der Waals surface area contributed by atoms with Gasteiger partial charge in [-0.1, -0.05) is 55.8 Å². The van der Waals surface area contributed by atoms with Crippen LogP contribution >= 0.6 is 23.4 Å². The smallest absolute Gasteiger partial charge is 0.251 e. The molecule has 0 unspecified atom stereocenters. The van der Waals surface area contributed by atoms with Crippen molar-refractivity contribution in [2.24, 2.45) is 0 Å². The van der Waals surface area contributed by atoms with Crippen LogP contribution in [0.1, 0.15) is 60.9 Å². The highest BCUT2D eigenvalue weighted by atomic mass is 35.5. The number of rotatable bonds is 4. The Bertz CT molecular complexity index is 908. The standard InChI is InChI=1S/C24H27ClN2O2S/c25-19-11-8-17(9-12-19)15-27-21-14-18(10-13-22(21)30-16-23(27)28)24(29)26-20-6-4-2-1-3-5-7-20/h8-14,20H,1-7,15-16H2,(H,26,29). The van der Waals surface area contributed by atoms with Gasteiger partial charge in [-0.25, -0.2) is 0 Å². The van der Waals surface area contributed by atoms with Gasteiger partial charge in [-0.15, -0.1) is 11.8 Å². The van der Waals surface area contributed by atoms with Crippen molar-refractivity contribution in [3.63, 3.8) is 0 Å². The maximum Gasteiger partial charge on any atom is 0.251 e. The number of hydrogen-bond acceptors (Lipinski definition) is 3. The molecule has 1 aliphatic carbocycles. The maximum absolute atomic E-state index is 12.9. The van der Waals surface area contributed by atoms with E-state index in [1.807, 2.05) is 42.5 Å². The molecular formula is C24H27ClN2O2S. The highest BCUT2D eigenvalue weighted by Gasteiger charge is 2.26. The van der Waals surface area contributed by atoms with Crippen LogP contribution in [0.2, 0.25) is 5.02 Å². The lowest BCUT2D eigenvalue weighted by Gasteiger charge is -2.29. The lowest BCUT2D eigenvalue weighted by Crippen LogP contribution is -2.37. The van der Waals surface area contributed by atoms with E-state index in [1.165, 1.54) is 43.9 Å². The molecule has 0 spiro atoms. The van der Waals surface area contributed by atoms with Crippen LogP contribution in [0.25, 0.3) is 0 Å². The Kier molecular flexibility index (Phi) is 7.00. The van der Waals surface area contributed by atoms with Crippen molar-refractivity contribution in [1.29, 1.82) is 0 Å². The fourth-order valence-corrected chi connectivity index (χ4v) is 5.20. The maximum atomic E-state index is 12.9. The lowest BCUT2D eigenvalue weighted by molar-refractivity contribution is -0.116. The molecule has 0 radical (unpaired) electrons. The van der Waals surface area contributed by atoms with Crippen molar-refractivity contribution in [3.05, 3.63) is 58.6 Å². The number of thioether (sulfide) groups is 1. The van der Waals surface area contributed by atoms with Crippen LogP contribution in [0, 0.1) is 0 Å². The molecule has 30 heavy (non-hydrogen) atoms. The van der Waals surface area contributed by atoms with Gasteiger partial charge in [0.2, 0.25) is 5.91 Å². The molecule has 0 saturated heterocycles. The highest BCUT2D eigenvalue weighted by molar-refractivity contribution is 8.00. The molecule has 0 atom stereocenters. The first-order valence-electron chi connectivity index (χ1n) is 10.7. The molecule has 1 aliphatic heterocycles. The number of carbonyl (C=O) groups is 2. The average molecular weight is 443 g/mol. The first kappa shape index (κ1) is 21.3. The molecule has 2 aliphatic rings. The van der Waals surface area contributed by atoms with E-state index in [4.69, 9.17) is 11.6 Å². The van der Waals surface area contributed by atoms with Gasteiger partial charge >= 0.3 is 0 Å². The van der Waals surface area contributed by atoms with E-state index < -0.39 is 0 Å². The number of anilines is 1. The number of hydrogen-bond donors (Lipinski definition) is 1. The predicted molar refractivity (Wildman–Crippen MR) is 123 cm³/mol. The summed E-state index contributed by atoms with van der Waals surface area (Å²) in [5.74, 6) is 0.423. The normalized spacial score (nSPS) is 17.8. The van der Waals surface area contributed by atoms with Gasteiger partial charge in [0.15, 0.2) is 0 Å². The molecule has 1 fully saturated rings. The largest absolute Gasteiger partial charge is 0.349 e. The van der Waals surface area contributed by atoms with Crippen molar-refractivity contribution in [3.8, 4) is 0 Å². The topological polar surface area (TPSA) is 49.4 Å². The van der Waals surface area contributed by atoms with Gasteiger partial charge in [-0.3, -0.25) is 9.59 Å². The van der Waals surface area contributed by atoms with Gasteiger partial charge in [0.05, 0.1) is 18.0 Å². The molecule has 6 heteroatoms. The molecule has 2 aromatic carbocycles. The minimum atomic E-state index is -0.0437. The first-order valence-corrected chi connectivity index (χ1v) is 12.1. The van der Waals surface area contributed by atoms with E-state index in [-0.39, 0.29) is 17.9 Å². The monoisotopic (exact) mass is 442 g/mol. The van der Waals surface area contributed by atoms with Crippen molar-refractivity contribution < 1.29 is 9.59 Å². The van der Waals surface area contributed by atoms with E-state index in [2.05, 4.69) is 5.32 Å². The Morgan fingerprint density at radius 2 is 1.73 bits per heavy atom. The highest BCUT2D eigenvalue weighted by Crippen LogP contribution is 2.37. The van der Waals surface area contributed by atoms with Crippen LogP contribution in [-0.4, -0.2) is 23.6 Å². The number of nitrogens with zero attached hydrogens (tertiary/aromatic N) is 1. The summed E-state index contributed by atoms with van der Waals surface area (Å²) in [6, 6.07) is 13.5. The minimum absolute atomic E-state index is 0.0437. The molecule has 1 saturated carbocycles. The summed E-state index contributed by atoms with van der Waals surface area (Å²) in [6.45, 7) is 0.470. The summed E-state index contributed by atoms with van der Waals surface area (Å²) in [7, 11) is 0. The van der Waals surface area contributed by atoms with Crippen LogP contribution in [0.15, 0.2) is 47.4 Å². The molecule has 0 bridgehead atoms. The summed E-state index contributed by atoms with van der Waals surface area (Å²) in [6.07, 6.45) is 8.26. The third-order valence-corrected chi connectivity index (χ3v) is 7.16. The van der Waals surface area contributed by atoms with Crippen molar-refractivity contribution >= 4 is 40.9 Å². The Balaban J connectivity index is 1.52. The fourth-order valence-electron chi connectivity index (χ4n) is 4.16. The summed E-state index contributed by atoms with van der Waals surface area (Å²) >= 11 is 7.52. The van der Waals surface area contributed by atoms with Crippen LogP contribution in [0.3, 0.4) is 0 Å². The number of fused-ring (bicyclic) bond motifs is 1. The van der Waals surface area contributed by atoms with Crippen molar-refractivity contribution in [2.45, 2.75) is 62.4 Å². The zero-order valence-electron chi connectivity index (χ0n) is 17.0. The second kappa shape index (κ2) is 9.88. The molecule has 2 amide bonds. The number of carbonyl (C=O) groups excluding carboxylic acids is 2. The van der Waals surface area contributed by atoms with Gasteiger partial charge in [-0.2, -0.15) is 0 Å². The van der Waals surface area contributed by atoms with Crippen molar-refractivity contribution in [1.82, 2.24) is 5.32 Å². The van der Waals surface area contributed by atoms with Crippen LogP contribution in [-0.2, 0) is 11.3 Å². The quantitative estimate of drug-likeness (QED) is 0.648. The Hall–Kier alpha value is -1.98. The Labute approximate surface area is 187 Å². The average Bonchev–Trinajstić information content (AvgIpc) is 2.73. The first-order chi connectivity index (χ1) is 14.6. The number of benzene rings is 2. The summed E-state index contributed by atoms with van der Waals surface area (Å²) in [4.78, 5) is 28.4. The van der Waals surface area contributed by atoms with E-state index >= 15 is 0 Å². The summed E-state index contributed by atoms with van der Waals surface area (Å²) in [5, 5.41) is 3.90. The van der Waals surface area contributed by atoms with E-state index in [0.717, 1.165) is 29.0 Å². The SMILES string of the molecule is O=C(NC1CCCCCCC1)c1ccc2c(c1)N(Cc1ccc(Cl)cc1)C(=O)CS2. The van der Waals surface area contributed by atoms with Crippen LogP contribution < -0.4 is 10.2 Å². The summed E-state index contributed by atoms with van der Waals surface area (Å²) < 4.78 is 0. The van der Waals surface area contributed by atoms with E-state index in [0.29, 0.717) is 22.9 Å². The van der Waals surface area contributed by atoms with Crippen LogP contribution in [0.5, 0.6) is 0 Å². The second-order valence-electron chi connectivity index (χ2n) is 8.09. The molecular weight excluding hydrogens is 416 g/mol. The van der Waals surface area contributed by atoms with Crippen molar-refractivity contribution in [2.75, 3.05) is 10.7 Å². The third kappa shape index (κ3) is 5.19.